The summed E-state index contributed by atoms with van der Waals surface area (Å²) < 4.78 is 120. The maximum Gasteiger partial charge on any atom is 0.416 e. The fourth-order valence-electron chi connectivity index (χ4n) is 4.50. The number of carbonyl (C=O) groups excluding carboxylic acids is 1. The fourth-order valence-corrected chi connectivity index (χ4v) is 4.63. The molecule has 20 heteroatoms. The Bertz CT molecular complexity index is 1530. The molecule has 1 amide bonds. The summed E-state index contributed by atoms with van der Waals surface area (Å²) in [5.41, 5.74) is -1.08. The van der Waals surface area contributed by atoms with Gasteiger partial charge in [-0.3, -0.25) is 9.36 Å². The summed E-state index contributed by atoms with van der Waals surface area (Å²) in [6, 6.07) is 5.38. The SMILES string of the molecule is O=C(c1nc(Cn2nc(-c3ccc(Cl)cc3)n(C[C@H](O)C(F)(F)F)c2=O)nn1CCC(F)(F)F)N1CCCC(C(F)(F)F)C1. The molecule has 10 nitrogen and oxygen atoms in total. The van der Waals surface area contributed by atoms with Gasteiger partial charge in [-0.25, -0.2) is 19.1 Å². The van der Waals surface area contributed by atoms with Crippen molar-refractivity contribution in [2.75, 3.05) is 13.1 Å². The normalized spacial score (nSPS) is 17.2. The number of likely N-dealkylation sites (tertiary alicyclic amines) is 1. The maximum absolute atomic E-state index is 13.3. The zero-order valence-electron chi connectivity index (χ0n) is 22.3. The molecule has 0 radical (unpaired) electrons. The summed E-state index contributed by atoms with van der Waals surface area (Å²) in [6.45, 7) is -3.83. The van der Waals surface area contributed by atoms with Gasteiger partial charge in [0, 0.05) is 23.7 Å². The Balaban J connectivity index is 1.70. The first kappa shape index (κ1) is 33.3. The van der Waals surface area contributed by atoms with Crippen LogP contribution in [0.3, 0.4) is 0 Å². The number of aliphatic hydroxyl groups excluding tert-OH is 1. The second-order valence-electron chi connectivity index (χ2n) is 10.0. The van der Waals surface area contributed by atoms with Gasteiger partial charge in [0.2, 0.25) is 5.82 Å². The molecule has 0 saturated carbocycles. The highest BCUT2D eigenvalue weighted by atomic mass is 35.5. The van der Waals surface area contributed by atoms with Gasteiger partial charge in [0.1, 0.15) is 6.54 Å². The van der Waals surface area contributed by atoms with Crippen molar-refractivity contribution in [3.8, 4) is 11.4 Å². The number of aromatic nitrogens is 6. The molecule has 3 heterocycles. The van der Waals surface area contributed by atoms with Gasteiger partial charge in [0.15, 0.2) is 17.8 Å². The molecule has 3 aromatic rings. The number of aliphatic hydroxyl groups is 1. The lowest BCUT2D eigenvalue weighted by atomic mass is 9.97. The van der Waals surface area contributed by atoms with Gasteiger partial charge >= 0.3 is 24.2 Å². The molecule has 2 aromatic heterocycles. The first-order chi connectivity index (χ1) is 20.3. The molecule has 1 aromatic carbocycles. The van der Waals surface area contributed by atoms with E-state index >= 15 is 0 Å². The van der Waals surface area contributed by atoms with Crippen LogP contribution in [0.25, 0.3) is 11.4 Å². The van der Waals surface area contributed by atoms with Crippen molar-refractivity contribution in [3.63, 3.8) is 0 Å². The van der Waals surface area contributed by atoms with Gasteiger partial charge in [0.25, 0.3) is 5.91 Å². The van der Waals surface area contributed by atoms with Crippen molar-refractivity contribution in [1.82, 2.24) is 34.0 Å². The Morgan fingerprint density at radius 1 is 1.02 bits per heavy atom. The third-order valence-electron chi connectivity index (χ3n) is 6.74. The zero-order chi connectivity index (χ0) is 32.6. The number of piperidine rings is 1. The van der Waals surface area contributed by atoms with Gasteiger partial charge in [0.05, 0.1) is 25.4 Å². The van der Waals surface area contributed by atoms with Crippen LogP contribution < -0.4 is 5.69 Å². The lowest BCUT2D eigenvalue weighted by Gasteiger charge is -2.33. The van der Waals surface area contributed by atoms with Crippen molar-refractivity contribution in [2.24, 2.45) is 5.92 Å². The second kappa shape index (κ2) is 12.4. The Hall–Kier alpha value is -3.61. The highest BCUT2D eigenvalue weighted by molar-refractivity contribution is 6.30. The second-order valence-corrected chi connectivity index (χ2v) is 10.4. The van der Waals surface area contributed by atoms with E-state index in [1.54, 1.807) is 0 Å². The zero-order valence-corrected chi connectivity index (χ0v) is 23.1. The largest absolute Gasteiger partial charge is 0.416 e. The summed E-state index contributed by atoms with van der Waals surface area (Å²) >= 11 is 5.85. The molecule has 1 saturated heterocycles. The number of hydrogen-bond donors (Lipinski definition) is 1. The average Bonchev–Trinajstić information content (AvgIpc) is 3.47. The van der Waals surface area contributed by atoms with Crippen molar-refractivity contribution in [1.29, 1.82) is 0 Å². The van der Waals surface area contributed by atoms with E-state index in [-0.39, 0.29) is 35.8 Å². The Kier molecular flexibility index (Phi) is 9.39. The van der Waals surface area contributed by atoms with Gasteiger partial charge in [-0.2, -0.15) is 44.6 Å². The molecule has 4 rings (SSSR count). The topological polar surface area (TPSA) is 111 Å². The van der Waals surface area contributed by atoms with Crippen LogP contribution in [0.1, 0.15) is 35.7 Å². The van der Waals surface area contributed by atoms with Crippen molar-refractivity contribution in [3.05, 3.63) is 51.4 Å². The molecule has 0 spiro atoms. The van der Waals surface area contributed by atoms with Crippen LogP contribution in [-0.4, -0.2) is 82.7 Å². The van der Waals surface area contributed by atoms with E-state index in [2.05, 4.69) is 15.2 Å². The number of rotatable bonds is 8. The van der Waals surface area contributed by atoms with Gasteiger partial charge in [-0.15, -0.1) is 5.10 Å². The van der Waals surface area contributed by atoms with E-state index in [0.717, 1.165) is 4.90 Å². The van der Waals surface area contributed by atoms with Crippen LogP contribution in [0, 0.1) is 5.92 Å². The van der Waals surface area contributed by atoms with Crippen LogP contribution >= 0.6 is 11.6 Å². The fraction of sp³-hybridized carbons (Fsp3) is 0.542. The molecule has 1 aliphatic heterocycles. The lowest BCUT2D eigenvalue weighted by molar-refractivity contribution is -0.207. The van der Waals surface area contributed by atoms with E-state index in [4.69, 9.17) is 11.6 Å². The molecular formula is C24H23ClF9N7O3. The summed E-state index contributed by atoms with van der Waals surface area (Å²) in [4.78, 5) is 31.0. The number of nitrogens with zero attached hydrogens (tertiary/aromatic N) is 7. The van der Waals surface area contributed by atoms with E-state index in [1.807, 2.05) is 0 Å². The van der Waals surface area contributed by atoms with Crippen LogP contribution in [0.15, 0.2) is 29.1 Å². The predicted molar refractivity (Wildman–Crippen MR) is 133 cm³/mol. The Morgan fingerprint density at radius 3 is 2.27 bits per heavy atom. The van der Waals surface area contributed by atoms with Crippen LogP contribution in [0.2, 0.25) is 5.02 Å². The first-order valence-electron chi connectivity index (χ1n) is 12.9. The maximum atomic E-state index is 13.3. The molecule has 1 unspecified atom stereocenters. The highest BCUT2D eigenvalue weighted by Gasteiger charge is 2.43. The number of amides is 1. The minimum Gasteiger partial charge on any atom is -0.382 e. The first-order valence-corrected chi connectivity index (χ1v) is 13.3. The molecule has 44 heavy (non-hydrogen) atoms. The van der Waals surface area contributed by atoms with Crippen LogP contribution in [-0.2, 0) is 19.6 Å². The molecule has 1 aliphatic rings. The van der Waals surface area contributed by atoms with Crippen molar-refractivity contribution < 1.29 is 49.4 Å². The Morgan fingerprint density at radius 2 is 1.68 bits per heavy atom. The predicted octanol–water partition coefficient (Wildman–Crippen LogP) is 4.30. The minimum absolute atomic E-state index is 0.0243. The summed E-state index contributed by atoms with van der Waals surface area (Å²) in [7, 11) is 0. The quantitative estimate of drug-likeness (QED) is 0.360. The standard InChI is InChI=1S/C24H23ClF9N7O3/c25-15-5-3-13(4-6-15)18-37-41(21(44)39(18)11-16(42)24(32,33)34)12-17-35-19(40(36-17)9-7-22(26,27)28)20(43)38-8-1-2-14(10-38)23(29,30)31/h3-6,14,16,42H,1-2,7-12H2/t14?,16-/m0/s1. The van der Waals surface area contributed by atoms with Gasteiger partial charge in [-0.05, 0) is 37.1 Å². The summed E-state index contributed by atoms with van der Waals surface area (Å²) in [5, 5.41) is 17.7. The van der Waals surface area contributed by atoms with Crippen LogP contribution in [0.4, 0.5) is 39.5 Å². The molecule has 0 bridgehead atoms. The van der Waals surface area contributed by atoms with Crippen LogP contribution in [0.5, 0.6) is 0 Å². The minimum atomic E-state index is -5.10. The van der Waals surface area contributed by atoms with E-state index in [0.29, 0.717) is 13.9 Å². The molecule has 1 N–H and O–H groups in total. The molecule has 1 fully saturated rings. The number of benzene rings is 1. The number of alkyl halides is 9. The van der Waals surface area contributed by atoms with Crippen molar-refractivity contribution >= 4 is 17.5 Å². The summed E-state index contributed by atoms with van der Waals surface area (Å²) in [5.74, 6) is -4.50. The van der Waals surface area contributed by atoms with Crippen molar-refractivity contribution in [2.45, 2.75) is 63.5 Å². The molecule has 0 aliphatic carbocycles. The number of carbonyl (C=O) groups is 1. The van der Waals surface area contributed by atoms with E-state index < -0.39 is 86.4 Å². The third-order valence-corrected chi connectivity index (χ3v) is 6.99. The molecule has 2 atom stereocenters. The van der Waals surface area contributed by atoms with E-state index in [9.17, 15) is 54.2 Å². The highest BCUT2D eigenvalue weighted by Crippen LogP contribution is 2.33. The molecule has 242 valence electrons. The average molecular weight is 664 g/mol. The van der Waals surface area contributed by atoms with Gasteiger partial charge in [-0.1, -0.05) is 11.6 Å². The molecular weight excluding hydrogens is 641 g/mol. The smallest absolute Gasteiger partial charge is 0.382 e. The number of aryl methyl sites for hydroxylation is 1. The monoisotopic (exact) mass is 663 g/mol. The lowest BCUT2D eigenvalue weighted by Crippen LogP contribution is -2.45. The number of halogens is 10. The number of hydrogen-bond acceptors (Lipinski definition) is 6. The third kappa shape index (κ3) is 7.91. The summed E-state index contributed by atoms with van der Waals surface area (Å²) in [6.07, 6.45) is -19.2. The van der Waals surface area contributed by atoms with Gasteiger partial charge < -0.3 is 10.0 Å². The Labute approximate surface area is 246 Å². The van der Waals surface area contributed by atoms with E-state index in [1.165, 1.54) is 24.3 Å².